The van der Waals surface area contributed by atoms with Crippen LogP contribution in [0.2, 0.25) is 0 Å². The fraction of sp³-hybridized carbons (Fsp3) is 0.933. The number of nitrogens with zero attached hydrogens (tertiary/aromatic N) is 2. The molecule has 1 aliphatic rings. The van der Waals surface area contributed by atoms with Gasteiger partial charge in [-0.05, 0) is 27.2 Å². The highest BCUT2D eigenvalue weighted by molar-refractivity contribution is 8.00. The molecule has 1 aliphatic heterocycles. The van der Waals surface area contributed by atoms with E-state index in [-0.39, 0.29) is 16.8 Å². The average molecular weight is 302 g/mol. The third kappa shape index (κ3) is 5.17. The summed E-state index contributed by atoms with van der Waals surface area (Å²) < 4.78 is 0.277. The van der Waals surface area contributed by atoms with Crippen molar-refractivity contribution in [3.63, 3.8) is 0 Å². The first-order chi connectivity index (χ1) is 9.36. The van der Waals surface area contributed by atoms with Gasteiger partial charge in [0, 0.05) is 35.5 Å². The zero-order valence-corrected chi connectivity index (χ0v) is 14.5. The maximum atomic E-state index is 9.51. The summed E-state index contributed by atoms with van der Waals surface area (Å²) in [4.78, 5) is 7.13. The van der Waals surface area contributed by atoms with Crippen LogP contribution in [0.5, 0.6) is 0 Å². The molecule has 1 rings (SSSR count). The van der Waals surface area contributed by atoms with Gasteiger partial charge < -0.3 is 15.3 Å². The van der Waals surface area contributed by atoms with E-state index in [0.717, 1.165) is 37.8 Å². The van der Waals surface area contributed by atoms with Gasteiger partial charge in [0.1, 0.15) is 0 Å². The third-order valence-corrected chi connectivity index (χ3v) is 5.20. The predicted octanol–water partition coefficient (Wildman–Crippen LogP) is 2.19. The highest BCUT2D eigenvalue weighted by Crippen LogP contribution is 2.29. The van der Waals surface area contributed by atoms with E-state index in [9.17, 15) is 5.11 Å². The lowest BCUT2D eigenvalue weighted by atomic mass is 9.89. The van der Waals surface area contributed by atoms with Crippen molar-refractivity contribution >= 4 is 17.7 Å². The Morgan fingerprint density at radius 3 is 2.65 bits per heavy atom. The molecular weight excluding hydrogens is 270 g/mol. The van der Waals surface area contributed by atoms with E-state index in [2.05, 4.69) is 44.8 Å². The minimum Gasteiger partial charge on any atom is -0.396 e. The first-order valence-corrected chi connectivity index (χ1v) is 8.62. The standard InChI is InChI=1S/C15H31N3OS/c1-6-15(5,12-19)10-17-13(16-7-2)18-8-9-20-14(3,4)11-18/h19H,6-12H2,1-5H3,(H,16,17). The Morgan fingerprint density at radius 2 is 2.15 bits per heavy atom. The van der Waals surface area contributed by atoms with Gasteiger partial charge in [0.25, 0.3) is 0 Å². The van der Waals surface area contributed by atoms with Gasteiger partial charge in [0.15, 0.2) is 5.96 Å². The second-order valence-corrected chi connectivity index (χ2v) is 8.32. The lowest BCUT2D eigenvalue weighted by Gasteiger charge is -2.39. The van der Waals surface area contributed by atoms with Gasteiger partial charge >= 0.3 is 0 Å². The Kier molecular flexibility index (Phi) is 6.65. The summed E-state index contributed by atoms with van der Waals surface area (Å²) in [5.41, 5.74) is -0.110. The van der Waals surface area contributed by atoms with Crippen molar-refractivity contribution in [2.24, 2.45) is 10.4 Å². The Bertz CT molecular complexity index is 327. The molecular formula is C15H31N3OS. The molecule has 118 valence electrons. The summed E-state index contributed by atoms with van der Waals surface area (Å²) in [7, 11) is 0. The topological polar surface area (TPSA) is 47.9 Å². The highest BCUT2D eigenvalue weighted by atomic mass is 32.2. The molecule has 0 aromatic carbocycles. The molecule has 1 heterocycles. The Morgan fingerprint density at radius 1 is 1.45 bits per heavy atom. The molecule has 0 aliphatic carbocycles. The number of rotatable bonds is 5. The van der Waals surface area contributed by atoms with E-state index >= 15 is 0 Å². The summed E-state index contributed by atoms with van der Waals surface area (Å²) in [5.74, 6) is 2.14. The van der Waals surface area contributed by atoms with Crippen LogP contribution in [0.15, 0.2) is 4.99 Å². The van der Waals surface area contributed by atoms with Crippen LogP contribution >= 0.6 is 11.8 Å². The largest absolute Gasteiger partial charge is 0.396 e. The number of hydrogen-bond acceptors (Lipinski definition) is 3. The fourth-order valence-corrected chi connectivity index (χ4v) is 3.27. The zero-order chi connectivity index (χ0) is 15.2. The molecule has 1 saturated heterocycles. The van der Waals surface area contributed by atoms with E-state index in [4.69, 9.17) is 4.99 Å². The first-order valence-electron chi connectivity index (χ1n) is 7.64. The summed E-state index contributed by atoms with van der Waals surface area (Å²) in [6, 6.07) is 0. The molecule has 20 heavy (non-hydrogen) atoms. The fourth-order valence-electron chi connectivity index (χ4n) is 2.16. The van der Waals surface area contributed by atoms with Gasteiger partial charge in [0.05, 0.1) is 13.2 Å². The van der Waals surface area contributed by atoms with Crippen molar-refractivity contribution in [3.05, 3.63) is 0 Å². The lowest BCUT2D eigenvalue weighted by Crippen LogP contribution is -2.51. The molecule has 0 saturated carbocycles. The maximum Gasteiger partial charge on any atom is 0.194 e. The van der Waals surface area contributed by atoms with Crippen LogP contribution in [0.25, 0.3) is 0 Å². The van der Waals surface area contributed by atoms with Gasteiger partial charge in [-0.3, -0.25) is 4.99 Å². The number of aliphatic hydroxyl groups is 1. The highest BCUT2D eigenvalue weighted by Gasteiger charge is 2.29. The quantitative estimate of drug-likeness (QED) is 0.604. The summed E-state index contributed by atoms with van der Waals surface area (Å²) in [5, 5.41) is 12.9. The Labute approximate surface area is 128 Å². The molecule has 0 radical (unpaired) electrons. The van der Waals surface area contributed by atoms with Gasteiger partial charge in [-0.2, -0.15) is 11.8 Å². The van der Waals surface area contributed by atoms with Crippen molar-refractivity contribution in [2.75, 3.05) is 38.5 Å². The molecule has 0 aromatic heterocycles. The monoisotopic (exact) mass is 301 g/mol. The van der Waals surface area contributed by atoms with Crippen LogP contribution in [0.1, 0.15) is 41.0 Å². The van der Waals surface area contributed by atoms with Gasteiger partial charge in [-0.15, -0.1) is 0 Å². The smallest absolute Gasteiger partial charge is 0.194 e. The van der Waals surface area contributed by atoms with Crippen molar-refractivity contribution in [1.29, 1.82) is 0 Å². The second-order valence-electron chi connectivity index (χ2n) is 6.52. The van der Waals surface area contributed by atoms with Crippen LogP contribution < -0.4 is 5.32 Å². The molecule has 0 bridgehead atoms. The minimum absolute atomic E-state index is 0.110. The van der Waals surface area contributed by atoms with E-state index in [1.165, 1.54) is 0 Å². The van der Waals surface area contributed by atoms with E-state index in [0.29, 0.717) is 6.54 Å². The molecule has 1 fully saturated rings. The van der Waals surface area contributed by atoms with Gasteiger partial charge in [-0.1, -0.05) is 13.8 Å². The van der Waals surface area contributed by atoms with Gasteiger partial charge in [0.2, 0.25) is 0 Å². The molecule has 5 heteroatoms. The van der Waals surface area contributed by atoms with Crippen molar-refractivity contribution in [3.8, 4) is 0 Å². The molecule has 0 aromatic rings. The second kappa shape index (κ2) is 7.55. The predicted molar refractivity (Wildman–Crippen MR) is 89.6 cm³/mol. The summed E-state index contributed by atoms with van der Waals surface area (Å²) in [6.45, 7) is 14.7. The summed E-state index contributed by atoms with van der Waals surface area (Å²) in [6.07, 6.45) is 0.938. The molecule has 4 nitrogen and oxygen atoms in total. The zero-order valence-electron chi connectivity index (χ0n) is 13.7. The van der Waals surface area contributed by atoms with E-state index in [1.807, 2.05) is 11.8 Å². The third-order valence-electron chi connectivity index (χ3n) is 3.91. The molecule has 1 atom stereocenters. The molecule has 0 spiro atoms. The van der Waals surface area contributed by atoms with E-state index in [1.54, 1.807) is 0 Å². The van der Waals surface area contributed by atoms with Crippen LogP contribution in [-0.2, 0) is 0 Å². The van der Waals surface area contributed by atoms with Crippen LogP contribution in [0, 0.1) is 5.41 Å². The molecule has 2 N–H and O–H groups in total. The number of aliphatic imine (C=N–C) groups is 1. The van der Waals surface area contributed by atoms with Crippen LogP contribution in [0.4, 0.5) is 0 Å². The Hall–Kier alpha value is -0.420. The van der Waals surface area contributed by atoms with Crippen LogP contribution in [-0.4, -0.2) is 59.3 Å². The number of nitrogens with one attached hydrogen (secondary N) is 1. The number of thioether (sulfide) groups is 1. The van der Waals surface area contributed by atoms with Crippen molar-refractivity contribution in [1.82, 2.24) is 10.2 Å². The Balaban J connectivity index is 2.77. The first kappa shape index (κ1) is 17.6. The van der Waals surface area contributed by atoms with E-state index < -0.39 is 0 Å². The number of guanidine groups is 1. The van der Waals surface area contributed by atoms with Crippen molar-refractivity contribution < 1.29 is 5.11 Å². The summed E-state index contributed by atoms with van der Waals surface area (Å²) >= 11 is 2.03. The SMILES string of the molecule is CCNC(=NCC(C)(CC)CO)N1CCSC(C)(C)C1. The lowest BCUT2D eigenvalue weighted by molar-refractivity contribution is 0.145. The molecule has 1 unspecified atom stereocenters. The van der Waals surface area contributed by atoms with Crippen LogP contribution in [0.3, 0.4) is 0 Å². The van der Waals surface area contributed by atoms with Gasteiger partial charge in [-0.25, -0.2) is 0 Å². The maximum absolute atomic E-state index is 9.51. The number of aliphatic hydroxyl groups excluding tert-OH is 1. The minimum atomic E-state index is -0.110. The number of hydrogen-bond donors (Lipinski definition) is 2. The van der Waals surface area contributed by atoms with Crippen molar-refractivity contribution in [2.45, 2.75) is 45.8 Å². The normalized spacial score (nSPS) is 22.5. The average Bonchev–Trinajstić information content (AvgIpc) is 2.42. The molecule has 0 amide bonds.